The van der Waals surface area contributed by atoms with E-state index in [0.717, 1.165) is 19.3 Å². The molecule has 20 heavy (non-hydrogen) atoms. The van der Waals surface area contributed by atoms with Gasteiger partial charge in [0.2, 0.25) is 0 Å². The molecule has 2 unspecified atom stereocenters. The summed E-state index contributed by atoms with van der Waals surface area (Å²) in [5.74, 6) is -0.711. The van der Waals surface area contributed by atoms with Crippen LogP contribution in [-0.2, 0) is 0 Å². The highest BCUT2D eigenvalue weighted by molar-refractivity contribution is 9.10. The molecule has 1 aromatic rings. The molecule has 1 aromatic carbocycles. The largest absolute Gasteiger partial charge is 0.313 e. The normalized spacial score (nSPS) is 23.6. The van der Waals surface area contributed by atoms with E-state index in [2.05, 4.69) is 35.1 Å². The number of hydrogen-bond acceptors (Lipinski definition) is 1. The topological polar surface area (TPSA) is 12.0 Å². The van der Waals surface area contributed by atoms with Crippen LogP contribution in [0.3, 0.4) is 0 Å². The standard InChI is InChI=1S/C16H22BrF2N/c1-16(2)9-5-4-6-10(16)15(20-3)13-12(18)8-7-11(17)14(13)19/h7-8,10,15,20H,4-6,9H2,1-3H3. The second-order valence-electron chi connectivity index (χ2n) is 6.36. The van der Waals surface area contributed by atoms with E-state index in [1.54, 1.807) is 7.05 Å². The highest BCUT2D eigenvalue weighted by Gasteiger charge is 2.39. The van der Waals surface area contributed by atoms with Gasteiger partial charge in [0.15, 0.2) is 0 Å². The summed E-state index contributed by atoms with van der Waals surface area (Å²) in [6.07, 6.45) is 4.43. The van der Waals surface area contributed by atoms with Crippen LogP contribution in [0, 0.1) is 23.0 Å². The van der Waals surface area contributed by atoms with Gasteiger partial charge in [-0.1, -0.05) is 26.7 Å². The van der Waals surface area contributed by atoms with E-state index in [1.807, 2.05) is 0 Å². The highest BCUT2D eigenvalue weighted by Crippen LogP contribution is 2.47. The van der Waals surface area contributed by atoms with Crippen molar-refractivity contribution < 1.29 is 8.78 Å². The maximum atomic E-state index is 14.4. The van der Waals surface area contributed by atoms with Gasteiger partial charge in [-0.2, -0.15) is 0 Å². The summed E-state index contributed by atoms with van der Waals surface area (Å²) in [5.41, 5.74) is 0.259. The summed E-state index contributed by atoms with van der Waals surface area (Å²) in [6, 6.07) is 2.47. The molecule has 0 amide bonds. The van der Waals surface area contributed by atoms with E-state index >= 15 is 0 Å². The second kappa shape index (κ2) is 6.10. The van der Waals surface area contributed by atoms with Gasteiger partial charge in [-0.25, -0.2) is 8.78 Å². The van der Waals surface area contributed by atoms with Gasteiger partial charge in [-0.15, -0.1) is 0 Å². The van der Waals surface area contributed by atoms with Gasteiger partial charge in [0.25, 0.3) is 0 Å². The molecule has 1 nitrogen and oxygen atoms in total. The first kappa shape index (κ1) is 15.9. The predicted molar refractivity (Wildman–Crippen MR) is 81.6 cm³/mol. The molecule has 0 radical (unpaired) electrons. The lowest BCUT2D eigenvalue weighted by Crippen LogP contribution is -2.38. The van der Waals surface area contributed by atoms with Crippen LogP contribution < -0.4 is 5.32 Å². The molecule has 1 saturated carbocycles. The Labute approximate surface area is 128 Å². The molecule has 2 atom stereocenters. The molecule has 1 N–H and O–H groups in total. The van der Waals surface area contributed by atoms with Crippen molar-refractivity contribution in [1.82, 2.24) is 5.32 Å². The molecule has 2 rings (SSSR count). The summed E-state index contributed by atoms with van der Waals surface area (Å²) in [4.78, 5) is 0. The van der Waals surface area contributed by atoms with Crippen LogP contribution >= 0.6 is 15.9 Å². The molecule has 0 heterocycles. The second-order valence-corrected chi connectivity index (χ2v) is 7.22. The van der Waals surface area contributed by atoms with Gasteiger partial charge in [-0.05, 0) is 59.3 Å². The first-order valence-electron chi connectivity index (χ1n) is 7.19. The van der Waals surface area contributed by atoms with Crippen LogP contribution in [0.2, 0.25) is 0 Å². The molecular formula is C16H22BrF2N. The van der Waals surface area contributed by atoms with Gasteiger partial charge >= 0.3 is 0 Å². The van der Waals surface area contributed by atoms with E-state index < -0.39 is 11.6 Å². The Kier molecular flexibility index (Phi) is 4.85. The smallest absolute Gasteiger partial charge is 0.145 e. The fraction of sp³-hybridized carbons (Fsp3) is 0.625. The summed E-state index contributed by atoms with van der Waals surface area (Å²) in [5, 5.41) is 3.15. The van der Waals surface area contributed by atoms with Gasteiger partial charge < -0.3 is 5.32 Å². The zero-order valence-electron chi connectivity index (χ0n) is 12.3. The average Bonchev–Trinajstić information content (AvgIpc) is 2.40. The zero-order valence-corrected chi connectivity index (χ0v) is 13.9. The van der Waals surface area contributed by atoms with Crippen molar-refractivity contribution in [2.45, 2.75) is 45.6 Å². The van der Waals surface area contributed by atoms with Crippen LogP contribution in [0.1, 0.15) is 51.1 Å². The maximum Gasteiger partial charge on any atom is 0.145 e. The first-order chi connectivity index (χ1) is 9.38. The molecule has 1 fully saturated rings. The number of rotatable bonds is 3. The molecule has 0 aliphatic heterocycles. The zero-order chi connectivity index (χ0) is 14.9. The van der Waals surface area contributed by atoms with Crippen LogP contribution in [-0.4, -0.2) is 7.05 Å². The molecule has 112 valence electrons. The molecular weight excluding hydrogens is 324 g/mol. The Balaban J connectivity index is 2.45. The number of nitrogens with one attached hydrogen (secondary N) is 1. The Morgan fingerprint density at radius 1 is 1.30 bits per heavy atom. The minimum Gasteiger partial charge on any atom is -0.313 e. The molecule has 4 heteroatoms. The minimum atomic E-state index is -0.481. The summed E-state index contributed by atoms with van der Waals surface area (Å²) >= 11 is 3.16. The molecule has 0 bridgehead atoms. The SMILES string of the molecule is CNC(c1c(F)ccc(Br)c1F)C1CCCCC1(C)C. The van der Waals surface area contributed by atoms with Crippen molar-refractivity contribution in [3.63, 3.8) is 0 Å². The fourth-order valence-corrected chi connectivity index (χ4v) is 3.86. The van der Waals surface area contributed by atoms with Crippen molar-refractivity contribution >= 4 is 15.9 Å². The Morgan fingerprint density at radius 2 is 2.00 bits per heavy atom. The number of benzene rings is 1. The van der Waals surface area contributed by atoms with E-state index in [0.29, 0.717) is 4.47 Å². The number of halogens is 3. The van der Waals surface area contributed by atoms with Crippen molar-refractivity contribution in [3.8, 4) is 0 Å². The lowest BCUT2D eigenvalue weighted by Gasteiger charge is -2.43. The minimum absolute atomic E-state index is 0.0904. The molecule has 0 aromatic heterocycles. The van der Waals surface area contributed by atoms with Gasteiger partial charge in [0, 0.05) is 11.6 Å². The number of hydrogen-bond donors (Lipinski definition) is 1. The van der Waals surface area contributed by atoms with Gasteiger partial charge in [0.1, 0.15) is 11.6 Å². The van der Waals surface area contributed by atoms with Crippen LogP contribution in [0.4, 0.5) is 8.78 Å². The van der Waals surface area contributed by atoms with Crippen molar-refractivity contribution in [2.75, 3.05) is 7.05 Å². The molecule has 0 saturated heterocycles. The van der Waals surface area contributed by atoms with Crippen LogP contribution in [0.25, 0.3) is 0 Å². The Morgan fingerprint density at radius 3 is 2.60 bits per heavy atom. The summed E-state index contributed by atoms with van der Waals surface area (Å²) in [7, 11) is 1.79. The third kappa shape index (κ3) is 2.91. The van der Waals surface area contributed by atoms with Gasteiger partial charge in [0.05, 0.1) is 4.47 Å². The summed E-state index contributed by atoms with van der Waals surface area (Å²) in [6.45, 7) is 4.41. The van der Waals surface area contributed by atoms with Crippen LogP contribution in [0.5, 0.6) is 0 Å². The lowest BCUT2D eigenvalue weighted by atomic mass is 9.64. The lowest BCUT2D eigenvalue weighted by molar-refractivity contribution is 0.0983. The van der Waals surface area contributed by atoms with E-state index in [4.69, 9.17) is 0 Å². The van der Waals surface area contributed by atoms with Gasteiger partial charge in [-0.3, -0.25) is 0 Å². The van der Waals surface area contributed by atoms with Crippen LogP contribution in [0.15, 0.2) is 16.6 Å². The van der Waals surface area contributed by atoms with E-state index in [9.17, 15) is 8.78 Å². The third-order valence-electron chi connectivity index (χ3n) is 4.69. The fourth-order valence-electron chi connectivity index (χ4n) is 3.51. The summed E-state index contributed by atoms with van der Waals surface area (Å²) < 4.78 is 28.9. The quantitative estimate of drug-likeness (QED) is 0.742. The van der Waals surface area contributed by atoms with Crippen molar-refractivity contribution in [3.05, 3.63) is 33.8 Å². The van der Waals surface area contributed by atoms with Crippen molar-refractivity contribution in [1.29, 1.82) is 0 Å². The third-order valence-corrected chi connectivity index (χ3v) is 5.31. The average molecular weight is 346 g/mol. The van der Waals surface area contributed by atoms with E-state index in [1.165, 1.54) is 18.6 Å². The van der Waals surface area contributed by atoms with Crippen molar-refractivity contribution in [2.24, 2.45) is 11.3 Å². The molecule has 1 aliphatic carbocycles. The maximum absolute atomic E-state index is 14.4. The molecule has 0 spiro atoms. The Bertz CT molecular complexity index is 488. The Hall–Kier alpha value is -0.480. The predicted octanol–water partition coefficient (Wildman–Crippen LogP) is 5.20. The highest BCUT2D eigenvalue weighted by atomic mass is 79.9. The first-order valence-corrected chi connectivity index (χ1v) is 7.98. The monoisotopic (exact) mass is 345 g/mol. The molecule has 1 aliphatic rings. The van der Waals surface area contributed by atoms with E-state index in [-0.39, 0.29) is 22.9 Å².